The number of aliphatic imine (C=N–C) groups is 1. The average molecular weight is 622 g/mol. The maximum Gasteiger partial charge on any atom is 0.237 e. The first-order chi connectivity index (χ1) is 21.5. The highest BCUT2D eigenvalue weighted by molar-refractivity contribution is 7.19. The Balaban J connectivity index is 1.21. The number of halogens is 1. The molecule has 1 atom stereocenters. The molecule has 1 saturated heterocycles. The van der Waals surface area contributed by atoms with Crippen molar-refractivity contribution < 1.29 is 14.4 Å². The molecular formula is C34H28ClN5O3S. The van der Waals surface area contributed by atoms with Crippen LogP contribution in [0.1, 0.15) is 27.9 Å². The van der Waals surface area contributed by atoms with E-state index in [1.807, 2.05) is 95.9 Å². The maximum atomic E-state index is 13.4. The molecule has 3 heterocycles. The molecule has 44 heavy (non-hydrogen) atoms. The van der Waals surface area contributed by atoms with E-state index >= 15 is 0 Å². The number of hydrogen-bond donors (Lipinski definition) is 1. The summed E-state index contributed by atoms with van der Waals surface area (Å²) in [4.78, 5) is 22.9. The Kier molecular flexibility index (Phi) is 8.96. The summed E-state index contributed by atoms with van der Waals surface area (Å²) in [7, 11) is 0. The SMILES string of the molecule is N#Cc1ccc(CN2C(=O)CN(Cc3cc(-c4ccc(Cl)s4)on3)C[C@@H]2CO)cc1N=C(c1ccccc1)c1ccccc1. The Morgan fingerprint density at radius 1 is 1.02 bits per heavy atom. The van der Waals surface area contributed by atoms with Crippen molar-refractivity contribution in [3.63, 3.8) is 0 Å². The van der Waals surface area contributed by atoms with Crippen LogP contribution in [0.25, 0.3) is 10.6 Å². The number of carbonyl (C=O) groups excluding carboxylic acids is 1. The number of carbonyl (C=O) groups is 1. The Morgan fingerprint density at radius 3 is 2.39 bits per heavy atom. The number of hydrogen-bond acceptors (Lipinski definition) is 8. The number of amides is 1. The van der Waals surface area contributed by atoms with Crippen molar-refractivity contribution in [3.05, 3.63) is 129 Å². The summed E-state index contributed by atoms with van der Waals surface area (Å²) < 4.78 is 6.16. The molecule has 0 radical (unpaired) electrons. The third-order valence-corrected chi connectivity index (χ3v) is 8.67. The second kappa shape index (κ2) is 13.4. The molecule has 0 bridgehead atoms. The molecular weight excluding hydrogens is 594 g/mol. The number of aliphatic hydroxyl groups is 1. The van der Waals surface area contributed by atoms with E-state index in [1.165, 1.54) is 11.3 Å². The predicted molar refractivity (Wildman–Crippen MR) is 171 cm³/mol. The molecule has 0 aliphatic carbocycles. The van der Waals surface area contributed by atoms with Gasteiger partial charge in [0.2, 0.25) is 5.91 Å². The number of aliphatic hydroxyl groups excluding tert-OH is 1. The molecule has 3 aromatic carbocycles. The quantitative estimate of drug-likeness (QED) is 0.194. The zero-order chi connectivity index (χ0) is 30.5. The van der Waals surface area contributed by atoms with Crippen LogP contribution in [0.5, 0.6) is 0 Å². The van der Waals surface area contributed by atoms with E-state index in [9.17, 15) is 15.2 Å². The van der Waals surface area contributed by atoms with Gasteiger partial charge in [0.05, 0.1) is 51.1 Å². The number of benzene rings is 3. The Morgan fingerprint density at radius 2 is 1.75 bits per heavy atom. The molecule has 1 amide bonds. The highest BCUT2D eigenvalue weighted by Crippen LogP contribution is 2.32. The van der Waals surface area contributed by atoms with Crippen molar-refractivity contribution >= 4 is 40.2 Å². The monoisotopic (exact) mass is 621 g/mol. The lowest BCUT2D eigenvalue weighted by molar-refractivity contribution is -0.142. The summed E-state index contributed by atoms with van der Waals surface area (Å²) in [5.41, 5.74) is 5.08. The van der Waals surface area contributed by atoms with Gasteiger partial charge in [-0.2, -0.15) is 5.26 Å². The molecule has 1 aliphatic heterocycles. The van der Waals surface area contributed by atoms with E-state index in [0.717, 1.165) is 27.3 Å². The first kappa shape index (κ1) is 29.5. The summed E-state index contributed by atoms with van der Waals surface area (Å²) in [5, 5.41) is 24.3. The minimum atomic E-state index is -0.412. The van der Waals surface area contributed by atoms with Crippen LogP contribution in [0.3, 0.4) is 0 Å². The number of nitriles is 1. The van der Waals surface area contributed by atoms with Crippen LogP contribution in [0.4, 0.5) is 5.69 Å². The predicted octanol–water partition coefficient (Wildman–Crippen LogP) is 6.30. The normalized spacial score (nSPS) is 15.2. The van der Waals surface area contributed by atoms with Crippen LogP contribution < -0.4 is 0 Å². The zero-order valence-corrected chi connectivity index (χ0v) is 25.2. The van der Waals surface area contributed by atoms with Crippen molar-refractivity contribution in [2.45, 2.75) is 19.1 Å². The van der Waals surface area contributed by atoms with Gasteiger partial charge in [-0.1, -0.05) is 83.5 Å². The minimum absolute atomic E-state index is 0.104. The van der Waals surface area contributed by atoms with E-state index in [2.05, 4.69) is 11.2 Å². The van der Waals surface area contributed by atoms with Gasteiger partial charge in [-0.15, -0.1) is 11.3 Å². The van der Waals surface area contributed by atoms with Crippen molar-refractivity contribution in [2.75, 3.05) is 19.7 Å². The highest BCUT2D eigenvalue weighted by atomic mass is 35.5. The number of nitrogens with zero attached hydrogens (tertiary/aromatic N) is 5. The van der Waals surface area contributed by atoms with Crippen LogP contribution in [0.2, 0.25) is 4.34 Å². The second-order valence-corrected chi connectivity index (χ2v) is 12.2. The zero-order valence-electron chi connectivity index (χ0n) is 23.6. The summed E-state index contributed by atoms with van der Waals surface area (Å²) >= 11 is 7.46. The second-order valence-electron chi connectivity index (χ2n) is 10.5. The minimum Gasteiger partial charge on any atom is -0.394 e. The molecule has 1 N–H and O–H groups in total. The average Bonchev–Trinajstić information content (AvgIpc) is 3.70. The van der Waals surface area contributed by atoms with E-state index < -0.39 is 6.04 Å². The standard InChI is InChI=1S/C34H28ClN5O3S/c35-32-14-13-31(44-32)30-16-27(38-43-30)19-39-20-28(22-41)40(33(42)21-39)18-23-11-12-26(17-36)29(15-23)37-34(24-7-3-1-4-8-24)25-9-5-2-6-10-25/h1-16,28,41H,18-22H2/t28-/m1/s1. The molecule has 0 spiro atoms. The lowest BCUT2D eigenvalue weighted by atomic mass is 10.0. The van der Waals surface area contributed by atoms with Crippen LogP contribution in [0, 0.1) is 11.3 Å². The molecule has 5 aromatic rings. The van der Waals surface area contributed by atoms with E-state index in [-0.39, 0.29) is 25.6 Å². The molecule has 2 aromatic heterocycles. The molecule has 0 saturated carbocycles. The lowest BCUT2D eigenvalue weighted by Crippen LogP contribution is -2.57. The third-order valence-electron chi connectivity index (χ3n) is 7.42. The van der Waals surface area contributed by atoms with Gasteiger partial charge in [0.1, 0.15) is 6.07 Å². The Bertz CT molecular complexity index is 1790. The summed E-state index contributed by atoms with van der Waals surface area (Å²) in [6.07, 6.45) is 0. The summed E-state index contributed by atoms with van der Waals surface area (Å²) in [5.74, 6) is 0.523. The number of rotatable bonds is 9. The smallest absolute Gasteiger partial charge is 0.237 e. The molecule has 6 rings (SSSR count). The molecule has 8 nitrogen and oxygen atoms in total. The van der Waals surface area contributed by atoms with Gasteiger partial charge in [0.25, 0.3) is 0 Å². The number of aromatic nitrogens is 1. The van der Waals surface area contributed by atoms with E-state index in [4.69, 9.17) is 21.1 Å². The van der Waals surface area contributed by atoms with Crippen LogP contribution in [-0.4, -0.2) is 57.4 Å². The van der Waals surface area contributed by atoms with Crippen molar-refractivity contribution in [2.24, 2.45) is 4.99 Å². The summed E-state index contributed by atoms with van der Waals surface area (Å²) in [6, 6.07) is 32.5. The van der Waals surface area contributed by atoms with Gasteiger partial charge in [-0.05, 0) is 29.8 Å². The van der Waals surface area contributed by atoms with Gasteiger partial charge in [-0.25, -0.2) is 4.99 Å². The maximum absolute atomic E-state index is 13.4. The molecule has 0 unspecified atom stereocenters. The fraction of sp³-hybridized carbons (Fsp3) is 0.176. The highest BCUT2D eigenvalue weighted by Gasteiger charge is 2.32. The van der Waals surface area contributed by atoms with Gasteiger partial charge >= 0.3 is 0 Å². The fourth-order valence-corrected chi connectivity index (χ4v) is 6.28. The van der Waals surface area contributed by atoms with Gasteiger partial charge < -0.3 is 14.5 Å². The summed E-state index contributed by atoms with van der Waals surface area (Å²) in [6.45, 7) is 1.16. The van der Waals surface area contributed by atoms with Crippen molar-refractivity contribution in [3.8, 4) is 16.7 Å². The van der Waals surface area contributed by atoms with Crippen LogP contribution in [0.15, 0.2) is 107 Å². The Labute approximate surface area is 264 Å². The number of thiophene rings is 1. The Hall–Kier alpha value is -4.59. The molecule has 1 fully saturated rings. The number of piperazine rings is 1. The van der Waals surface area contributed by atoms with Crippen LogP contribution >= 0.6 is 22.9 Å². The van der Waals surface area contributed by atoms with Crippen molar-refractivity contribution in [1.29, 1.82) is 5.26 Å². The lowest BCUT2D eigenvalue weighted by Gasteiger charge is -2.40. The first-order valence-electron chi connectivity index (χ1n) is 14.1. The molecule has 220 valence electrons. The van der Waals surface area contributed by atoms with Gasteiger partial charge in [0.15, 0.2) is 5.76 Å². The fourth-order valence-electron chi connectivity index (χ4n) is 5.29. The molecule has 10 heteroatoms. The third kappa shape index (κ3) is 6.64. The largest absolute Gasteiger partial charge is 0.394 e. The van der Waals surface area contributed by atoms with Crippen molar-refractivity contribution in [1.82, 2.24) is 15.0 Å². The topological polar surface area (TPSA) is 106 Å². The van der Waals surface area contributed by atoms with E-state index in [1.54, 1.807) is 11.0 Å². The first-order valence-corrected chi connectivity index (χ1v) is 15.3. The van der Waals surface area contributed by atoms with E-state index in [0.29, 0.717) is 40.1 Å². The molecule has 1 aliphatic rings. The van der Waals surface area contributed by atoms with Crippen LogP contribution in [-0.2, 0) is 17.9 Å². The van der Waals surface area contributed by atoms with Gasteiger partial charge in [-0.3, -0.25) is 9.69 Å². The van der Waals surface area contributed by atoms with Gasteiger partial charge in [0, 0.05) is 36.8 Å².